The molecular formula is C22H23N3O4. The third-order valence-corrected chi connectivity index (χ3v) is 4.93. The number of methoxy groups -OCH3 is 1. The second-order valence-corrected chi connectivity index (χ2v) is 6.65. The number of phenols is 1. The van der Waals surface area contributed by atoms with Gasteiger partial charge in [0.15, 0.2) is 11.5 Å². The predicted molar refractivity (Wildman–Crippen MR) is 107 cm³/mol. The first kappa shape index (κ1) is 20.2. The third-order valence-electron chi connectivity index (χ3n) is 4.93. The molecule has 0 aromatic heterocycles. The van der Waals surface area contributed by atoms with Gasteiger partial charge in [0.05, 0.1) is 37.0 Å². The van der Waals surface area contributed by atoms with Gasteiger partial charge in [-0.1, -0.05) is 24.3 Å². The Hall–Kier alpha value is -3.50. The van der Waals surface area contributed by atoms with Crippen molar-refractivity contribution in [2.75, 3.05) is 13.7 Å². The lowest BCUT2D eigenvalue weighted by Gasteiger charge is -2.34. The van der Waals surface area contributed by atoms with Crippen molar-refractivity contribution in [2.45, 2.75) is 25.4 Å². The van der Waals surface area contributed by atoms with Crippen molar-refractivity contribution in [1.82, 2.24) is 5.32 Å². The molecule has 0 spiro atoms. The molecule has 7 heteroatoms. The van der Waals surface area contributed by atoms with Crippen LogP contribution in [0.2, 0.25) is 0 Å². The molecule has 150 valence electrons. The van der Waals surface area contributed by atoms with Crippen LogP contribution in [0.15, 0.2) is 53.7 Å². The Labute approximate surface area is 169 Å². The standard InChI is InChI=1S/C22H23N3O4/c1-3-29-22(27)19-16(24)11-17(14-9-7-13(12-23)8-10-14)25-20(19)15-5-4-6-18(28-2)21(15)26/h4-10,17,20,25-26H,3,11,24H2,1-2H3. The maximum absolute atomic E-state index is 12.6. The first-order chi connectivity index (χ1) is 14.0. The minimum Gasteiger partial charge on any atom is -0.504 e. The molecule has 2 aromatic carbocycles. The molecule has 4 N–H and O–H groups in total. The lowest BCUT2D eigenvalue weighted by molar-refractivity contribution is -0.139. The predicted octanol–water partition coefficient (Wildman–Crippen LogP) is 2.82. The number of para-hydroxylation sites is 1. The van der Waals surface area contributed by atoms with Gasteiger partial charge in [0.1, 0.15) is 0 Å². The molecule has 0 saturated heterocycles. The molecule has 0 aliphatic carbocycles. The topological polar surface area (TPSA) is 118 Å². The van der Waals surface area contributed by atoms with Crippen LogP contribution in [0, 0.1) is 11.3 Å². The van der Waals surface area contributed by atoms with Crippen LogP contribution in [0.25, 0.3) is 0 Å². The fraction of sp³-hybridized carbons (Fsp3) is 0.273. The van der Waals surface area contributed by atoms with Gasteiger partial charge in [-0.15, -0.1) is 0 Å². The van der Waals surface area contributed by atoms with E-state index in [1.54, 1.807) is 37.3 Å². The van der Waals surface area contributed by atoms with Crippen molar-refractivity contribution in [1.29, 1.82) is 5.26 Å². The van der Waals surface area contributed by atoms with Gasteiger partial charge >= 0.3 is 5.97 Å². The number of nitrogens with one attached hydrogen (secondary N) is 1. The number of rotatable bonds is 5. The van der Waals surface area contributed by atoms with Gasteiger partial charge in [-0.2, -0.15) is 5.26 Å². The minimum absolute atomic E-state index is 0.0671. The number of benzene rings is 2. The summed E-state index contributed by atoms with van der Waals surface area (Å²) in [5, 5.41) is 23.1. The second kappa shape index (κ2) is 8.67. The van der Waals surface area contributed by atoms with Crippen molar-refractivity contribution < 1.29 is 19.4 Å². The number of phenolic OH excluding ortho intramolecular Hbond substituents is 1. The molecule has 1 aliphatic heterocycles. The number of carbonyl (C=O) groups excluding carboxylic acids is 1. The van der Waals surface area contributed by atoms with Crippen LogP contribution >= 0.6 is 0 Å². The molecular weight excluding hydrogens is 370 g/mol. The van der Waals surface area contributed by atoms with E-state index < -0.39 is 12.0 Å². The van der Waals surface area contributed by atoms with Crippen LogP contribution in [0.5, 0.6) is 11.5 Å². The van der Waals surface area contributed by atoms with Crippen LogP contribution in [0.4, 0.5) is 0 Å². The summed E-state index contributed by atoms with van der Waals surface area (Å²) < 4.78 is 10.4. The van der Waals surface area contributed by atoms with Gasteiger partial charge < -0.3 is 20.3 Å². The summed E-state index contributed by atoms with van der Waals surface area (Å²) in [4.78, 5) is 12.6. The highest BCUT2D eigenvalue weighted by Crippen LogP contribution is 2.41. The number of esters is 1. The lowest BCUT2D eigenvalue weighted by atomic mass is 9.87. The highest BCUT2D eigenvalue weighted by atomic mass is 16.5. The fourth-order valence-electron chi connectivity index (χ4n) is 3.50. The van der Waals surface area contributed by atoms with Gasteiger partial charge in [-0.3, -0.25) is 5.32 Å². The van der Waals surface area contributed by atoms with E-state index in [9.17, 15) is 9.90 Å². The van der Waals surface area contributed by atoms with E-state index in [1.165, 1.54) is 7.11 Å². The molecule has 1 heterocycles. The van der Waals surface area contributed by atoms with E-state index >= 15 is 0 Å². The Bertz CT molecular complexity index is 977. The van der Waals surface area contributed by atoms with Crippen molar-refractivity contribution >= 4 is 5.97 Å². The monoisotopic (exact) mass is 393 g/mol. The highest BCUT2D eigenvalue weighted by Gasteiger charge is 2.36. The molecule has 0 saturated carbocycles. The molecule has 2 atom stereocenters. The molecule has 0 fully saturated rings. The maximum atomic E-state index is 12.6. The molecule has 2 unspecified atom stereocenters. The van der Waals surface area contributed by atoms with Crippen LogP contribution in [0.3, 0.4) is 0 Å². The lowest BCUT2D eigenvalue weighted by Crippen LogP contribution is -2.38. The maximum Gasteiger partial charge on any atom is 0.337 e. The molecule has 1 aliphatic rings. The van der Waals surface area contributed by atoms with E-state index in [2.05, 4.69) is 11.4 Å². The molecule has 0 radical (unpaired) electrons. The van der Waals surface area contributed by atoms with Crippen molar-refractivity contribution in [2.24, 2.45) is 5.73 Å². The zero-order valence-electron chi connectivity index (χ0n) is 16.3. The van der Waals surface area contributed by atoms with Gasteiger partial charge in [0.25, 0.3) is 0 Å². The van der Waals surface area contributed by atoms with Gasteiger partial charge in [-0.05, 0) is 30.7 Å². The Morgan fingerprint density at radius 3 is 2.66 bits per heavy atom. The molecule has 0 amide bonds. The highest BCUT2D eigenvalue weighted by molar-refractivity contribution is 5.91. The SMILES string of the molecule is CCOC(=O)C1=C(N)CC(c2ccc(C#N)cc2)NC1c1cccc(OC)c1O. The molecule has 7 nitrogen and oxygen atoms in total. The largest absolute Gasteiger partial charge is 0.504 e. The van der Waals surface area contributed by atoms with E-state index in [1.807, 2.05) is 12.1 Å². The molecule has 2 aromatic rings. The summed E-state index contributed by atoms with van der Waals surface area (Å²) in [6, 6.07) is 13.4. The van der Waals surface area contributed by atoms with Crippen LogP contribution in [-0.2, 0) is 9.53 Å². The van der Waals surface area contributed by atoms with Gasteiger partial charge in [-0.25, -0.2) is 4.79 Å². The minimum atomic E-state index is -0.682. The number of ether oxygens (including phenoxy) is 2. The normalized spacial score (nSPS) is 18.8. The van der Waals surface area contributed by atoms with E-state index in [0.29, 0.717) is 29.0 Å². The number of nitriles is 1. The summed E-state index contributed by atoms with van der Waals surface area (Å²) in [5.41, 5.74) is 8.93. The summed E-state index contributed by atoms with van der Waals surface area (Å²) in [6.45, 7) is 1.94. The van der Waals surface area contributed by atoms with Crippen LogP contribution < -0.4 is 15.8 Å². The second-order valence-electron chi connectivity index (χ2n) is 6.65. The average molecular weight is 393 g/mol. The van der Waals surface area contributed by atoms with E-state index in [4.69, 9.17) is 20.5 Å². The van der Waals surface area contributed by atoms with Crippen LogP contribution in [0.1, 0.15) is 42.1 Å². The Balaban J connectivity index is 2.07. The first-order valence-corrected chi connectivity index (χ1v) is 9.27. The molecule has 0 bridgehead atoms. The quantitative estimate of drug-likeness (QED) is 0.669. The van der Waals surface area contributed by atoms with Crippen molar-refractivity contribution in [3.8, 4) is 17.6 Å². The van der Waals surface area contributed by atoms with Crippen LogP contribution in [-0.4, -0.2) is 24.8 Å². The van der Waals surface area contributed by atoms with Crippen molar-refractivity contribution in [3.63, 3.8) is 0 Å². The van der Waals surface area contributed by atoms with Crippen molar-refractivity contribution in [3.05, 3.63) is 70.4 Å². The fourth-order valence-corrected chi connectivity index (χ4v) is 3.50. The van der Waals surface area contributed by atoms with E-state index in [-0.39, 0.29) is 24.0 Å². The van der Waals surface area contributed by atoms with Gasteiger partial charge in [0.2, 0.25) is 0 Å². The number of nitrogens with zero attached hydrogens (tertiary/aromatic N) is 1. The Morgan fingerprint density at radius 2 is 2.03 bits per heavy atom. The van der Waals surface area contributed by atoms with E-state index in [0.717, 1.165) is 5.56 Å². The summed E-state index contributed by atoms with van der Waals surface area (Å²) >= 11 is 0. The summed E-state index contributed by atoms with van der Waals surface area (Å²) in [7, 11) is 1.46. The Morgan fingerprint density at radius 1 is 1.31 bits per heavy atom. The smallest absolute Gasteiger partial charge is 0.337 e. The third kappa shape index (κ3) is 4.03. The number of carbonyl (C=O) groups is 1. The summed E-state index contributed by atoms with van der Waals surface area (Å²) in [6.07, 6.45) is 0.390. The Kier molecular flexibility index (Phi) is 6.05. The zero-order valence-corrected chi connectivity index (χ0v) is 16.3. The first-order valence-electron chi connectivity index (χ1n) is 9.27. The average Bonchev–Trinajstić information content (AvgIpc) is 2.73. The zero-order chi connectivity index (χ0) is 21.0. The number of aromatic hydroxyl groups is 1. The van der Waals surface area contributed by atoms with Gasteiger partial charge in [0, 0.05) is 23.7 Å². The molecule has 3 rings (SSSR count). The number of hydrogen-bond donors (Lipinski definition) is 3. The number of hydrogen-bond acceptors (Lipinski definition) is 7. The summed E-state index contributed by atoms with van der Waals surface area (Å²) in [5.74, 6) is -0.294. The molecule has 29 heavy (non-hydrogen) atoms. The number of nitrogens with two attached hydrogens (primary N) is 1.